The van der Waals surface area contributed by atoms with Crippen LogP contribution >= 0.6 is 11.3 Å². The number of rotatable bonds is 5. The fourth-order valence-corrected chi connectivity index (χ4v) is 4.33. The SMILES string of the molecule is COCc1cccc(NC(=O)c2sc3nc(C4CC4)nc(C)c3c2C)c1. The summed E-state index contributed by atoms with van der Waals surface area (Å²) in [4.78, 5) is 23.8. The maximum absolute atomic E-state index is 12.8. The van der Waals surface area contributed by atoms with Gasteiger partial charge in [-0.3, -0.25) is 4.79 Å². The fourth-order valence-electron chi connectivity index (χ4n) is 3.19. The Morgan fingerprint density at radius 3 is 2.85 bits per heavy atom. The van der Waals surface area contributed by atoms with Gasteiger partial charge in [0.15, 0.2) is 0 Å². The maximum Gasteiger partial charge on any atom is 0.266 e. The molecule has 0 unspecified atom stereocenters. The largest absolute Gasteiger partial charge is 0.380 e. The predicted molar refractivity (Wildman–Crippen MR) is 104 cm³/mol. The van der Waals surface area contributed by atoms with E-state index in [9.17, 15) is 4.79 Å². The van der Waals surface area contributed by atoms with E-state index in [1.807, 2.05) is 38.1 Å². The number of benzene rings is 1. The normalized spacial score (nSPS) is 14.0. The number of anilines is 1. The van der Waals surface area contributed by atoms with E-state index >= 15 is 0 Å². The summed E-state index contributed by atoms with van der Waals surface area (Å²) in [5.41, 5.74) is 3.71. The molecule has 1 aliphatic carbocycles. The Balaban J connectivity index is 1.65. The predicted octanol–water partition coefficient (Wildman–Crippen LogP) is 4.58. The molecule has 0 saturated heterocycles. The van der Waals surface area contributed by atoms with Crippen LogP contribution in [-0.4, -0.2) is 23.0 Å². The third kappa shape index (κ3) is 3.22. The second-order valence-corrected chi connectivity index (χ2v) is 7.76. The molecule has 1 aliphatic rings. The number of aromatic nitrogens is 2. The lowest BCUT2D eigenvalue weighted by molar-refractivity contribution is 0.103. The summed E-state index contributed by atoms with van der Waals surface area (Å²) in [6, 6.07) is 7.71. The Bertz CT molecular complexity index is 992. The molecule has 1 fully saturated rings. The smallest absolute Gasteiger partial charge is 0.266 e. The van der Waals surface area contributed by atoms with E-state index in [0.29, 0.717) is 17.4 Å². The average molecular weight is 367 g/mol. The molecular weight excluding hydrogens is 346 g/mol. The van der Waals surface area contributed by atoms with Crippen molar-refractivity contribution in [3.63, 3.8) is 0 Å². The molecule has 1 amide bonds. The minimum atomic E-state index is -0.104. The number of carbonyl (C=O) groups is 1. The van der Waals surface area contributed by atoms with Crippen molar-refractivity contribution in [1.29, 1.82) is 0 Å². The van der Waals surface area contributed by atoms with Crippen molar-refractivity contribution < 1.29 is 9.53 Å². The quantitative estimate of drug-likeness (QED) is 0.717. The summed E-state index contributed by atoms with van der Waals surface area (Å²) in [6.45, 7) is 4.50. The van der Waals surface area contributed by atoms with Crippen molar-refractivity contribution in [3.8, 4) is 0 Å². The lowest BCUT2D eigenvalue weighted by Crippen LogP contribution is -2.11. The first-order valence-electron chi connectivity index (χ1n) is 8.73. The Labute approximate surface area is 156 Å². The molecule has 2 aromatic heterocycles. The van der Waals surface area contributed by atoms with E-state index in [0.717, 1.165) is 38.5 Å². The number of methoxy groups -OCH3 is 1. The number of aryl methyl sites for hydroxylation is 2. The van der Waals surface area contributed by atoms with Crippen LogP contribution in [0.1, 0.15) is 51.1 Å². The summed E-state index contributed by atoms with van der Waals surface area (Å²) in [7, 11) is 1.66. The molecule has 26 heavy (non-hydrogen) atoms. The van der Waals surface area contributed by atoms with Gasteiger partial charge in [-0.25, -0.2) is 9.97 Å². The van der Waals surface area contributed by atoms with Crippen molar-refractivity contribution >= 4 is 33.1 Å². The number of thiophene rings is 1. The van der Waals surface area contributed by atoms with E-state index in [2.05, 4.69) is 10.3 Å². The molecule has 6 heteroatoms. The minimum Gasteiger partial charge on any atom is -0.380 e. The number of hydrogen-bond acceptors (Lipinski definition) is 5. The van der Waals surface area contributed by atoms with Gasteiger partial charge in [0.2, 0.25) is 0 Å². The molecule has 0 radical (unpaired) electrons. The average Bonchev–Trinajstić information content (AvgIpc) is 3.39. The molecule has 1 N–H and O–H groups in total. The van der Waals surface area contributed by atoms with Crippen molar-refractivity contribution in [2.24, 2.45) is 0 Å². The highest BCUT2D eigenvalue weighted by atomic mass is 32.1. The second-order valence-electron chi connectivity index (χ2n) is 6.77. The van der Waals surface area contributed by atoms with Gasteiger partial charge in [-0.05, 0) is 49.9 Å². The summed E-state index contributed by atoms with van der Waals surface area (Å²) >= 11 is 1.45. The van der Waals surface area contributed by atoms with Crippen LogP contribution in [0, 0.1) is 13.8 Å². The molecular formula is C20H21N3O2S. The van der Waals surface area contributed by atoms with Crippen LogP contribution in [0.4, 0.5) is 5.69 Å². The third-order valence-corrected chi connectivity index (χ3v) is 5.82. The number of carbonyl (C=O) groups excluding carboxylic acids is 1. The lowest BCUT2D eigenvalue weighted by atomic mass is 10.1. The molecule has 3 aromatic rings. The summed E-state index contributed by atoms with van der Waals surface area (Å²) in [6.07, 6.45) is 2.33. The first kappa shape index (κ1) is 17.1. The van der Waals surface area contributed by atoms with Crippen LogP contribution in [0.15, 0.2) is 24.3 Å². The van der Waals surface area contributed by atoms with Crippen molar-refractivity contribution in [2.75, 3.05) is 12.4 Å². The second kappa shape index (κ2) is 6.78. The van der Waals surface area contributed by atoms with Crippen molar-refractivity contribution in [2.45, 2.75) is 39.2 Å². The van der Waals surface area contributed by atoms with Gasteiger partial charge in [-0.15, -0.1) is 11.3 Å². The van der Waals surface area contributed by atoms with E-state index in [4.69, 9.17) is 9.72 Å². The molecule has 2 heterocycles. The highest BCUT2D eigenvalue weighted by Crippen LogP contribution is 2.40. The van der Waals surface area contributed by atoms with Gasteiger partial charge < -0.3 is 10.1 Å². The van der Waals surface area contributed by atoms with E-state index in [-0.39, 0.29) is 5.91 Å². The van der Waals surface area contributed by atoms with Crippen LogP contribution in [-0.2, 0) is 11.3 Å². The van der Waals surface area contributed by atoms with Gasteiger partial charge in [0.25, 0.3) is 5.91 Å². The highest BCUT2D eigenvalue weighted by Gasteiger charge is 2.28. The van der Waals surface area contributed by atoms with Crippen LogP contribution in [0.2, 0.25) is 0 Å². The Morgan fingerprint density at radius 1 is 1.31 bits per heavy atom. The van der Waals surface area contributed by atoms with E-state index in [1.165, 1.54) is 24.2 Å². The maximum atomic E-state index is 12.8. The number of fused-ring (bicyclic) bond motifs is 1. The van der Waals surface area contributed by atoms with Crippen LogP contribution in [0.5, 0.6) is 0 Å². The Hall–Kier alpha value is -2.31. The molecule has 0 spiro atoms. The Kier molecular flexibility index (Phi) is 4.46. The molecule has 5 nitrogen and oxygen atoms in total. The zero-order chi connectivity index (χ0) is 18.3. The van der Waals surface area contributed by atoms with Gasteiger partial charge in [0, 0.05) is 24.1 Å². The number of amides is 1. The van der Waals surface area contributed by atoms with Crippen molar-refractivity contribution in [3.05, 3.63) is 51.8 Å². The molecule has 1 aromatic carbocycles. The minimum absolute atomic E-state index is 0.104. The van der Waals surface area contributed by atoms with Crippen LogP contribution < -0.4 is 5.32 Å². The Morgan fingerprint density at radius 2 is 2.12 bits per heavy atom. The number of nitrogens with zero attached hydrogens (tertiary/aromatic N) is 2. The standard InChI is InChI=1S/C20H21N3O2S/c1-11-16-12(2)21-18(14-7-8-14)23-20(16)26-17(11)19(24)22-15-6-4-5-13(9-15)10-25-3/h4-6,9,14H,7-8,10H2,1-3H3,(H,22,24). The van der Waals surface area contributed by atoms with Crippen LogP contribution in [0.25, 0.3) is 10.2 Å². The van der Waals surface area contributed by atoms with Gasteiger partial charge in [-0.2, -0.15) is 0 Å². The number of ether oxygens (including phenoxy) is 1. The fraction of sp³-hybridized carbons (Fsp3) is 0.350. The van der Waals surface area contributed by atoms with E-state index < -0.39 is 0 Å². The van der Waals surface area contributed by atoms with Gasteiger partial charge >= 0.3 is 0 Å². The third-order valence-electron chi connectivity index (χ3n) is 4.63. The zero-order valence-corrected chi connectivity index (χ0v) is 15.9. The summed E-state index contributed by atoms with van der Waals surface area (Å²) in [5.74, 6) is 1.32. The summed E-state index contributed by atoms with van der Waals surface area (Å²) < 4.78 is 5.15. The lowest BCUT2D eigenvalue weighted by Gasteiger charge is -2.07. The number of nitrogens with one attached hydrogen (secondary N) is 1. The first-order valence-corrected chi connectivity index (χ1v) is 9.55. The molecule has 4 rings (SSSR count). The van der Waals surface area contributed by atoms with E-state index in [1.54, 1.807) is 7.11 Å². The monoisotopic (exact) mass is 367 g/mol. The molecule has 0 bridgehead atoms. The molecule has 0 atom stereocenters. The zero-order valence-electron chi connectivity index (χ0n) is 15.1. The number of hydrogen-bond donors (Lipinski definition) is 1. The highest BCUT2D eigenvalue weighted by molar-refractivity contribution is 7.20. The van der Waals surface area contributed by atoms with Crippen molar-refractivity contribution in [1.82, 2.24) is 9.97 Å². The molecule has 0 aliphatic heterocycles. The summed E-state index contributed by atoms with van der Waals surface area (Å²) in [5, 5.41) is 4.01. The van der Waals surface area contributed by atoms with Gasteiger partial charge in [0.1, 0.15) is 10.7 Å². The molecule has 134 valence electrons. The van der Waals surface area contributed by atoms with Gasteiger partial charge in [-0.1, -0.05) is 12.1 Å². The van der Waals surface area contributed by atoms with Gasteiger partial charge in [0.05, 0.1) is 17.2 Å². The molecule has 1 saturated carbocycles. The van der Waals surface area contributed by atoms with Crippen LogP contribution in [0.3, 0.4) is 0 Å². The first-order chi connectivity index (χ1) is 12.6. The topological polar surface area (TPSA) is 64.1 Å².